The molecule has 4 rings (SSSR count). The van der Waals surface area contributed by atoms with E-state index in [1.807, 2.05) is 29.2 Å². The molecular formula is C17H21N3O3. The number of urea groups is 1. The zero-order valence-electron chi connectivity index (χ0n) is 12.9. The lowest BCUT2D eigenvalue weighted by Gasteiger charge is -2.20. The van der Waals surface area contributed by atoms with E-state index in [-0.39, 0.29) is 24.0 Å². The number of nitrogens with zero attached hydrogens (tertiary/aromatic N) is 1. The minimum Gasteiger partial charge on any atom is -0.390 e. The van der Waals surface area contributed by atoms with Crippen LogP contribution in [0.2, 0.25) is 0 Å². The van der Waals surface area contributed by atoms with Gasteiger partial charge in [0.25, 0.3) is 0 Å². The van der Waals surface area contributed by atoms with Crippen LogP contribution in [0.3, 0.4) is 0 Å². The molecule has 122 valence electrons. The van der Waals surface area contributed by atoms with Crippen LogP contribution in [0.15, 0.2) is 24.3 Å². The number of aliphatic hydroxyl groups excluding tert-OH is 1. The summed E-state index contributed by atoms with van der Waals surface area (Å²) in [5.74, 6) is 0.129. The number of nitrogens with one attached hydrogen (secondary N) is 2. The van der Waals surface area contributed by atoms with Gasteiger partial charge in [-0.15, -0.1) is 0 Å². The van der Waals surface area contributed by atoms with Gasteiger partial charge in [0.2, 0.25) is 5.91 Å². The van der Waals surface area contributed by atoms with Gasteiger partial charge >= 0.3 is 6.03 Å². The van der Waals surface area contributed by atoms with Crippen molar-refractivity contribution in [2.45, 2.75) is 49.9 Å². The van der Waals surface area contributed by atoms with Crippen molar-refractivity contribution in [3.05, 3.63) is 35.4 Å². The van der Waals surface area contributed by atoms with E-state index in [1.54, 1.807) is 0 Å². The van der Waals surface area contributed by atoms with E-state index < -0.39 is 6.10 Å². The van der Waals surface area contributed by atoms with Gasteiger partial charge in [-0.3, -0.25) is 4.79 Å². The Kier molecular flexibility index (Phi) is 3.49. The Morgan fingerprint density at radius 1 is 1.17 bits per heavy atom. The highest BCUT2D eigenvalue weighted by Gasteiger charge is 2.40. The van der Waals surface area contributed by atoms with Crippen molar-refractivity contribution in [1.82, 2.24) is 15.5 Å². The van der Waals surface area contributed by atoms with Gasteiger partial charge in [-0.1, -0.05) is 24.3 Å². The number of likely N-dealkylation sites (tertiary alicyclic amines) is 1. The summed E-state index contributed by atoms with van der Waals surface area (Å²) >= 11 is 0. The first-order chi connectivity index (χ1) is 11.1. The molecule has 6 heteroatoms. The van der Waals surface area contributed by atoms with E-state index in [1.165, 1.54) is 0 Å². The van der Waals surface area contributed by atoms with E-state index in [4.69, 9.17) is 0 Å². The van der Waals surface area contributed by atoms with Crippen molar-refractivity contribution in [2.24, 2.45) is 0 Å². The normalized spacial score (nSPS) is 29.5. The average molecular weight is 315 g/mol. The van der Waals surface area contributed by atoms with E-state index in [0.717, 1.165) is 24.0 Å². The van der Waals surface area contributed by atoms with Crippen LogP contribution in [0.25, 0.3) is 0 Å². The third-order valence-corrected chi connectivity index (χ3v) is 4.97. The SMILES string of the molecule is O=C(NC1CC(=O)N(C2CC2)C1)NC1c2ccccc2CC1O. The molecule has 1 aliphatic heterocycles. The number of carbonyl (C=O) groups excluding carboxylic acids is 2. The van der Waals surface area contributed by atoms with E-state index in [2.05, 4.69) is 10.6 Å². The predicted octanol–water partition coefficient (Wildman–Crippen LogP) is 0.707. The summed E-state index contributed by atoms with van der Waals surface area (Å²) in [6.07, 6.45) is 2.48. The number of rotatable bonds is 3. The van der Waals surface area contributed by atoms with Gasteiger partial charge < -0.3 is 20.6 Å². The lowest BCUT2D eigenvalue weighted by Crippen LogP contribution is -2.46. The molecule has 2 aliphatic carbocycles. The van der Waals surface area contributed by atoms with Crippen LogP contribution in [-0.2, 0) is 11.2 Å². The number of fused-ring (bicyclic) bond motifs is 1. The van der Waals surface area contributed by atoms with Crippen LogP contribution in [0.1, 0.15) is 36.4 Å². The van der Waals surface area contributed by atoms with E-state index in [0.29, 0.717) is 25.4 Å². The molecule has 23 heavy (non-hydrogen) atoms. The van der Waals surface area contributed by atoms with Crippen LogP contribution in [0.5, 0.6) is 0 Å². The van der Waals surface area contributed by atoms with Crippen LogP contribution in [-0.4, -0.2) is 46.7 Å². The molecule has 1 saturated heterocycles. The molecule has 3 unspecified atom stereocenters. The third kappa shape index (κ3) is 2.79. The summed E-state index contributed by atoms with van der Waals surface area (Å²) in [6.45, 7) is 0.598. The second kappa shape index (κ2) is 5.53. The first-order valence-corrected chi connectivity index (χ1v) is 8.24. The fourth-order valence-electron chi connectivity index (χ4n) is 3.68. The number of carbonyl (C=O) groups is 2. The van der Waals surface area contributed by atoms with Crippen molar-refractivity contribution in [3.63, 3.8) is 0 Å². The lowest BCUT2D eigenvalue weighted by atomic mass is 10.1. The molecule has 2 fully saturated rings. The quantitative estimate of drug-likeness (QED) is 0.768. The van der Waals surface area contributed by atoms with Gasteiger partial charge in [-0.25, -0.2) is 4.79 Å². The van der Waals surface area contributed by atoms with E-state index in [9.17, 15) is 14.7 Å². The van der Waals surface area contributed by atoms with Gasteiger partial charge in [0.15, 0.2) is 0 Å². The molecule has 1 heterocycles. The fraction of sp³-hybridized carbons (Fsp3) is 0.529. The highest BCUT2D eigenvalue weighted by atomic mass is 16.3. The highest BCUT2D eigenvalue weighted by Crippen LogP contribution is 2.32. The van der Waals surface area contributed by atoms with Crippen molar-refractivity contribution in [3.8, 4) is 0 Å². The zero-order valence-corrected chi connectivity index (χ0v) is 12.9. The molecule has 0 aromatic heterocycles. The van der Waals surface area contributed by atoms with Crippen LogP contribution < -0.4 is 10.6 Å². The lowest BCUT2D eigenvalue weighted by molar-refractivity contribution is -0.128. The van der Waals surface area contributed by atoms with Gasteiger partial charge in [0, 0.05) is 25.4 Å². The Labute approximate surface area is 134 Å². The summed E-state index contributed by atoms with van der Waals surface area (Å²) in [6, 6.07) is 7.30. The maximum Gasteiger partial charge on any atom is 0.315 e. The molecule has 6 nitrogen and oxygen atoms in total. The summed E-state index contributed by atoms with van der Waals surface area (Å²) in [7, 11) is 0. The van der Waals surface area contributed by atoms with Crippen molar-refractivity contribution >= 4 is 11.9 Å². The molecule has 3 N–H and O–H groups in total. The largest absolute Gasteiger partial charge is 0.390 e. The summed E-state index contributed by atoms with van der Waals surface area (Å²) in [4.78, 5) is 26.0. The van der Waals surface area contributed by atoms with Gasteiger partial charge in [0.1, 0.15) is 0 Å². The van der Waals surface area contributed by atoms with Crippen LogP contribution >= 0.6 is 0 Å². The molecule has 3 amide bonds. The summed E-state index contributed by atoms with van der Waals surface area (Å²) < 4.78 is 0. The molecule has 1 aromatic carbocycles. The second-order valence-corrected chi connectivity index (χ2v) is 6.74. The molecule has 1 aromatic rings. The Bertz CT molecular complexity index is 644. The maximum atomic E-state index is 12.2. The maximum absolute atomic E-state index is 12.2. The molecule has 0 radical (unpaired) electrons. The monoisotopic (exact) mass is 315 g/mol. The third-order valence-electron chi connectivity index (χ3n) is 4.97. The standard InChI is InChI=1S/C17H21N3O3/c21-14-7-10-3-1-2-4-13(10)16(14)19-17(23)18-11-8-15(22)20(9-11)12-5-6-12/h1-4,11-12,14,16,21H,5-9H2,(H2,18,19,23). The highest BCUT2D eigenvalue weighted by molar-refractivity contribution is 5.82. The van der Waals surface area contributed by atoms with Crippen molar-refractivity contribution in [1.29, 1.82) is 0 Å². The Morgan fingerprint density at radius 2 is 1.96 bits per heavy atom. The number of hydrogen-bond donors (Lipinski definition) is 3. The van der Waals surface area contributed by atoms with Crippen molar-refractivity contribution < 1.29 is 14.7 Å². The Morgan fingerprint density at radius 3 is 2.74 bits per heavy atom. The number of amides is 3. The van der Waals surface area contributed by atoms with Gasteiger partial charge in [-0.2, -0.15) is 0 Å². The molecule has 0 bridgehead atoms. The average Bonchev–Trinajstić information content (AvgIpc) is 3.23. The number of benzene rings is 1. The minimum absolute atomic E-state index is 0.129. The van der Waals surface area contributed by atoms with Crippen LogP contribution in [0.4, 0.5) is 4.79 Å². The first-order valence-electron chi connectivity index (χ1n) is 8.24. The van der Waals surface area contributed by atoms with Crippen molar-refractivity contribution in [2.75, 3.05) is 6.54 Å². The minimum atomic E-state index is -0.605. The summed E-state index contributed by atoms with van der Waals surface area (Å²) in [5.41, 5.74) is 2.04. The zero-order chi connectivity index (χ0) is 16.0. The molecule has 0 spiro atoms. The molecule has 3 atom stereocenters. The summed E-state index contributed by atoms with van der Waals surface area (Å²) in [5, 5.41) is 15.9. The molecule has 1 saturated carbocycles. The predicted molar refractivity (Wildman–Crippen MR) is 83.7 cm³/mol. The molecule has 3 aliphatic rings. The first kappa shape index (κ1) is 14.5. The van der Waals surface area contributed by atoms with Gasteiger partial charge in [0.05, 0.1) is 18.2 Å². The van der Waals surface area contributed by atoms with Gasteiger partial charge in [-0.05, 0) is 24.0 Å². The van der Waals surface area contributed by atoms with Crippen LogP contribution in [0, 0.1) is 0 Å². The molecular weight excluding hydrogens is 294 g/mol. The number of hydrogen-bond acceptors (Lipinski definition) is 3. The Balaban J connectivity index is 1.36. The fourth-order valence-corrected chi connectivity index (χ4v) is 3.68. The topological polar surface area (TPSA) is 81.7 Å². The Hall–Kier alpha value is -2.08. The number of aliphatic hydroxyl groups is 1. The van der Waals surface area contributed by atoms with E-state index >= 15 is 0 Å². The second-order valence-electron chi connectivity index (χ2n) is 6.74. The smallest absolute Gasteiger partial charge is 0.315 e.